The zero-order valence-corrected chi connectivity index (χ0v) is 17.8. The molecule has 0 radical (unpaired) electrons. The molecule has 2 saturated carbocycles. The molecule has 0 bridgehead atoms. The lowest BCUT2D eigenvalue weighted by atomic mass is 9.93. The second-order valence-electron chi connectivity index (χ2n) is 9.52. The first-order valence-electron chi connectivity index (χ1n) is 11.4. The number of nitrogens with zero attached hydrogens (tertiary/aromatic N) is 4. The maximum absolute atomic E-state index is 12.8. The van der Waals surface area contributed by atoms with Crippen LogP contribution in [0.25, 0.3) is 22.4 Å². The Morgan fingerprint density at radius 1 is 1.13 bits per heavy atom. The van der Waals surface area contributed by atoms with Gasteiger partial charge in [0.1, 0.15) is 6.04 Å². The number of nitrogens with one attached hydrogen (secondary N) is 1. The van der Waals surface area contributed by atoms with Crippen molar-refractivity contribution in [2.75, 3.05) is 18.4 Å². The van der Waals surface area contributed by atoms with E-state index in [1.54, 1.807) is 0 Å². The Hall–Kier alpha value is -2.96. The summed E-state index contributed by atoms with van der Waals surface area (Å²) in [6.45, 7) is 3.56. The van der Waals surface area contributed by atoms with E-state index in [0.29, 0.717) is 17.2 Å². The molecule has 3 fully saturated rings. The SMILES string of the molecule is C[C@H](Nc1nnc(-c2ccc3nc(C4CC4)ccc3c2)o1)C(=O)N1CCC2(CC1)CC2. The van der Waals surface area contributed by atoms with Crippen LogP contribution in [-0.2, 0) is 4.79 Å². The number of piperidine rings is 1. The maximum atomic E-state index is 12.8. The van der Waals surface area contributed by atoms with Gasteiger partial charge in [-0.15, -0.1) is 5.10 Å². The summed E-state index contributed by atoms with van der Waals surface area (Å²) in [5.41, 5.74) is 3.58. The number of aromatic nitrogens is 3. The fourth-order valence-electron chi connectivity index (χ4n) is 4.68. The summed E-state index contributed by atoms with van der Waals surface area (Å²) >= 11 is 0. The van der Waals surface area contributed by atoms with Gasteiger partial charge in [-0.2, -0.15) is 0 Å². The number of anilines is 1. The molecule has 1 aromatic carbocycles. The summed E-state index contributed by atoms with van der Waals surface area (Å²) in [6, 6.07) is 10.1. The standard InChI is InChI=1S/C24H27N5O2/c1-15(22(30)29-12-10-24(8-9-24)11-13-29)25-23-28-27-21(31-23)18-5-7-20-17(14-18)4-6-19(26-20)16-2-3-16/h4-7,14-16H,2-3,8-13H2,1H3,(H,25,28)/t15-/m0/s1. The van der Waals surface area contributed by atoms with Gasteiger partial charge >= 0.3 is 6.01 Å². The van der Waals surface area contributed by atoms with Crippen molar-refractivity contribution in [2.24, 2.45) is 5.41 Å². The number of pyridine rings is 1. The number of likely N-dealkylation sites (tertiary alicyclic amines) is 1. The van der Waals surface area contributed by atoms with Gasteiger partial charge < -0.3 is 14.6 Å². The van der Waals surface area contributed by atoms with Gasteiger partial charge in [-0.05, 0) is 75.1 Å². The lowest BCUT2D eigenvalue weighted by molar-refractivity contribution is -0.133. The van der Waals surface area contributed by atoms with Gasteiger partial charge in [-0.3, -0.25) is 9.78 Å². The van der Waals surface area contributed by atoms with Crippen LogP contribution in [0.5, 0.6) is 0 Å². The number of rotatable bonds is 5. The number of carbonyl (C=O) groups is 1. The van der Waals surface area contributed by atoms with Crippen LogP contribution < -0.4 is 5.32 Å². The van der Waals surface area contributed by atoms with Crippen molar-refractivity contribution < 1.29 is 9.21 Å². The minimum Gasteiger partial charge on any atom is -0.403 e. The molecule has 1 saturated heterocycles. The van der Waals surface area contributed by atoms with Crippen molar-refractivity contribution in [3.63, 3.8) is 0 Å². The minimum atomic E-state index is -0.400. The van der Waals surface area contributed by atoms with Gasteiger partial charge in [-0.25, -0.2) is 0 Å². The molecule has 3 aromatic rings. The van der Waals surface area contributed by atoms with E-state index < -0.39 is 6.04 Å². The third kappa shape index (κ3) is 3.66. The number of hydrogen-bond donors (Lipinski definition) is 1. The van der Waals surface area contributed by atoms with E-state index in [4.69, 9.17) is 9.40 Å². The molecule has 7 heteroatoms. The summed E-state index contributed by atoms with van der Waals surface area (Å²) in [5.74, 6) is 1.17. The Morgan fingerprint density at radius 2 is 1.94 bits per heavy atom. The largest absolute Gasteiger partial charge is 0.403 e. The van der Waals surface area contributed by atoms with E-state index in [0.717, 1.165) is 42.4 Å². The Labute approximate surface area is 181 Å². The Bertz CT molecular complexity index is 1140. The predicted molar refractivity (Wildman–Crippen MR) is 118 cm³/mol. The topological polar surface area (TPSA) is 84.1 Å². The zero-order valence-electron chi connectivity index (χ0n) is 17.8. The van der Waals surface area contributed by atoms with Crippen molar-refractivity contribution in [1.82, 2.24) is 20.1 Å². The minimum absolute atomic E-state index is 0.0958. The van der Waals surface area contributed by atoms with Crippen molar-refractivity contribution in [1.29, 1.82) is 0 Å². The van der Waals surface area contributed by atoms with Gasteiger partial charge in [0, 0.05) is 35.7 Å². The van der Waals surface area contributed by atoms with Crippen LogP contribution >= 0.6 is 0 Å². The number of amides is 1. The van der Waals surface area contributed by atoms with Gasteiger partial charge in [-0.1, -0.05) is 11.2 Å². The van der Waals surface area contributed by atoms with E-state index in [1.807, 2.05) is 30.0 Å². The van der Waals surface area contributed by atoms with E-state index in [-0.39, 0.29) is 11.9 Å². The first-order valence-corrected chi connectivity index (χ1v) is 11.4. The van der Waals surface area contributed by atoms with E-state index in [2.05, 4.69) is 27.6 Å². The van der Waals surface area contributed by atoms with Gasteiger partial charge in [0.15, 0.2) is 0 Å². The molecule has 0 unspecified atom stereocenters. The van der Waals surface area contributed by atoms with Crippen molar-refractivity contribution in [2.45, 2.75) is 57.4 Å². The lowest BCUT2D eigenvalue weighted by Gasteiger charge is -2.33. The van der Waals surface area contributed by atoms with Crippen LogP contribution in [0.15, 0.2) is 34.7 Å². The summed E-state index contributed by atoms with van der Waals surface area (Å²) in [5, 5.41) is 12.4. The molecule has 160 valence electrons. The van der Waals surface area contributed by atoms with Crippen LogP contribution in [-0.4, -0.2) is 45.1 Å². The van der Waals surface area contributed by atoms with Crippen molar-refractivity contribution >= 4 is 22.8 Å². The van der Waals surface area contributed by atoms with Gasteiger partial charge in [0.2, 0.25) is 11.8 Å². The van der Waals surface area contributed by atoms with Crippen LogP contribution in [0.1, 0.15) is 57.1 Å². The molecule has 1 amide bonds. The quantitative estimate of drug-likeness (QED) is 0.664. The molecule has 7 nitrogen and oxygen atoms in total. The first-order chi connectivity index (χ1) is 15.1. The number of carbonyl (C=O) groups excluding carboxylic acids is 1. The van der Waals surface area contributed by atoms with Crippen LogP contribution in [0.4, 0.5) is 6.01 Å². The molecule has 1 N–H and O–H groups in total. The Morgan fingerprint density at radius 3 is 2.68 bits per heavy atom. The average Bonchev–Trinajstić information content (AvgIpc) is 3.73. The number of hydrogen-bond acceptors (Lipinski definition) is 6. The van der Waals surface area contributed by atoms with Crippen LogP contribution in [0.3, 0.4) is 0 Å². The molecule has 6 rings (SSSR count). The Kier molecular flexibility index (Phi) is 4.26. The first kappa shape index (κ1) is 18.8. The third-order valence-electron chi connectivity index (χ3n) is 7.18. The van der Waals surface area contributed by atoms with Crippen molar-refractivity contribution in [3.8, 4) is 11.5 Å². The smallest absolute Gasteiger partial charge is 0.316 e. The highest BCUT2D eigenvalue weighted by Gasteiger charge is 2.45. The summed E-state index contributed by atoms with van der Waals surface area (Å²) in [7, 11) is 0. The van der Waals surface area contributed by atoms with Gasteiger partial charge in [0.25, 0.3) is 0 Å². The molecule has 3 aliphatic rings. The fourth-order valence-corrected chi connectivity index (χ4v) is 4.68. The summed E-state index contributed by atoms with van der Waals surface area (Å²) < 4.78 is 5.82. The molecule has 1 atom stereocenters. The third-order valence-corrected chi connectivity index (χ3v) is 7.18. The molecule has 1 spiro atoms. The molecule has 2 aliphatic carbocycles. The predicted octanol–water partition coefficient (Wildman–Crippen LogP) is 4.37. The van der Waals surface area contributed by atoms with E-state index in [1.165, 1.54) is 31.4 Å². The van der Waals surface area contributed by atoms with E-state index >= 15 is 0 Å². The normalized spacial score (nSPS) is 20.7. The highest BCUT2D eigenvalue weighted by atomic mass is 16.4. The highest BCUT2D eigenvalue weighted by molar-refractivity contribution is 5.84. The van der Waals surface area contributed by atoms with Crippen LogP contribution in [0.2, 0.25) is 0 Å². The summed E-state index contributed by atoms with van der Waals surface area (Å²) in [6.07, 6.45) is 7.42. The number of benzene rings is 1. The van der Waals surface area contributed by atoms with Crippen LogP contribution in [0, 0.1) is 5.41 Å². The molecule has 3 heterocycles. The molecular formula is C24H27N5O2. The molecule has 31 heavy (non-hydrogen) atoms. The average molecular weight is 418 g/mol. The second-order valence-corrected chi connectivity index (χ2v) is 9.52. The number of fused-ring (bicyclic) bond motifs is 1. The Balaban J connectivity index is 1.13. The monoisotopic (exact) mass is 417 g/mol. The van der Waals surface area contributed by atoms with E-state index in [9.17, 15) is 4.79 Å². The molecule has 2 aromatic heterocycles. The van der Waals surface area contributed by atoms with Crippen molar-refractivity contribution in [3.05, 3.63) is 36.0 Å². The lowest BCUT2D eigenvalue weighted by Crippen LogP contribution is -2.45. The summed E-state index contributed by atoms with van der Waals surface area (Å²) in [4.78, 5) is 19.5. The second kappa shape index (κ2) is 7.04. The zero-order chi connectivity index (χ0) is 21.0. The maximum Gasteiger partial charge on any atom is 0.316 e. The van der Waals surface area contributed by atoms with Gasteiger partial charge in [0.05, 0.1) is 5.52 Å². The molecule has 1 aliphatic heterocycles. The fraction of sp³-hybridized carbons (Fsp3) is 0.500. The molecular weight excluding hydrogens is 390 g/mol. The highest BCUT2D eigenvalue weighted by Crippen LogP contribution is 2.53.